The summed E-state index contributed by atoms with van der Waals surface area (Å²) in [5.74, 6) is 0.839. The van der Waals surface area contributed by atoms with Gasteiger partial charge in [0.15, 0.2) is 0 Å². The van der Waals surface area contributed by atoms with Gasteiger partial charge in [0, 0.05) is 65.0 Å². The second-order valence-corrected chi connectivity index (χ2v) is 11.3. The monoisotopic (exact) mass is 639 g/mol. The molecule has 0 aliphatic heterocycles. The average molecular weight is 640 g/mol. The second-order valence-electron chi connectivity index (χ2n) is 7.79. The molecule has 0 aliphatic rings. The number of ether oxygens (including phenoxy) is 1. The van der Waals surface area contributed by atoms with E-state index in [1.54, 1.807) is 36.4 Å². The number of phosphoric acid groups is 1. The van der Waals surface area contributed by atoms with Gasteiger partial charge in [-0.05, 0) is 29.8 Å². The Kier molecular flexibility index (Phi) is 11.8. The molecule has 0 saturated heterocycles. The summed E-state index contributed by atoms with van der Waals surface area (Å²) in [4.78, 5) is 26.5. The molecule has 0 atom stereocenters. The van der Waals surface area contributed by atoms with Crippen LogP contribution >= 0.6 is 42.5 Å². The minimum Gasteiger partial charge on any atom is -0.491 e. The van der Waals surface area contributed by atoms with E-state index in [0.29, 0.717) is 32.7 Å². The Morgan fingerprint density at radius 2 is 1.65 bits per heavy atom. The molecule has 15 heteroatoms. The van der Waals surface area contributed by atoms with Crippen LogP contribution in [-0.2, 0) is 14.8 Å². The zero-order valence-electron chi connectivity index (χ0n) is 20.7. The molecule has 0 amide bonds. The van der Waals surface area contributed by atoms with Crippen LogP contribution in [-0.4, -0.2) is 70.7 Å². The molecule has 200 valence electrons. The first kappa shape index (κ1) is 32.3. The largest absolute Gasteiger partial charge is 0.491 e. The van der Waals surface area contributed by atoms with Crippen molar-refractivity contribution in [3.63, 3.8) is 0 Å². The summed E-state index contributed by atoms with van der Waals surface area (Å²) in [5.41, 5.74) is 9.06. The van der Waals surface area contributed by atoms with E-state index < -0.39 is 7.82 Å². The smallest absolute Gasteiger partial charge is 0.469 e. The van der Waals surface area contributed by atoms with Gasteiger partial charge in [-0.15, -0.1) is 11.3 Å². The number of benzene rings is 2. The summed E-state index contributed by atoms with van der Waals surface area (Å²) in [6.07, 6.45) is 0. The van der Waals surface area contributed by atoms with Crippen LogP contribution in [0.2, 0.25) is 5.02 Å². The number of nitrogens with zero attached hydrogens (tertiary/aromatic N) is 4. The van der Waals surface area contributed by atoms with Gasteiger partial charge in [0.25, 0.3) is 0 Å². The van der Waals surface area contributed by atoms with Gasteiger partial charge < -0.3 is 20.3 Å². The number of thiazole rings is 1. The molecule has 10 nitrogen and oxygen atoms in total. The van der Waals surface area contributed by atoms with Crippen molar-refractivity contribution in [2.75, 3.05) is 18.9 Å². The number of anilines is 1. The molecule has 0 fully saturated rings. The Bertz CT molecular complexity index is 1620. The number of nitrogen functional groups attached to an aromatic ring is 1. The van der Waals surface area contributed by atoms with Crippen LogP contribution in [0.15, 0.2) is 58.9 Å². The van der Waals surface area contributed by atoms with E-state index in [1.165, 1.54) is 23.1 Å². The van der Waals surface area contributed by atoms with Gasteiger partial charge in [-0.2, -0.15) is 10.5 Å². The van der Waals surface area contributed by atoms with Gasteiger partial charge in [-0.25, -0.2) is 14.5 Å². The van der Waals surface area contributed by atoms with Crippen LogP contribution in [0.25, 0.3) is 21.7 Å². The van der Waals surface area contributed by atoms with E-state index in [2.05, 4.69) is 20.6 Å². The van der Waals surface area contributed by atoms with Gasteiger partial charge in [0.2, 0.25) is 0 Å². The Labute approximate surface area is 273 Å². The summed E-state index contributed by atoms with van der Waals surface area (Å²) in [7, 11) is -4.57. The minimum atomic E-state index is -4.57. The SMILES string of the molecule is N#Cc1c(N)nc(SCc2csc(-c3ccc(Cl)cc3)n2)c(C#N)c1-c1ccc(OCCOP(=O)(O)O)cc1.[Ca]. The molecule has 0 bridgehead atoms. The van der Waals surface area contributed by atoms with E-state index in [9.17, 15) is 15.1 Å². The fraction of sp³-hybridized carbons (Fsp3) is 0.120. The zero-order valence-corrected chi connectivity index (χ0v) is 26.1. The summed E-state index contributed by atoms with van der Waals surface area (Å²) < 4.78 is 20.5. The molecule has 4 rings (SSSR count). The first-order valence-corrected chi connectivity index (χ1v) is 14.9. The minimum absolute atomic E-state index is 0. The Balaban J connectivity index is 0.00000441. The number of halogens is 1. The van der Waals surface area contributed by atoms with Gasteiger partial charge in [-0.3, -0.25) is 4.52 Å². The van der Waals surface area contributed by atoms with Crippen LogP contribution in [0.1, 0.15) is 16.8 Å². The molecular formula is C25H19CaClN5O5PS2. The van der Waals surface area contributed by atoms with Crippen molar-refractivity contribution in [2.24, 2.45) is 0 Å². The molecule has 0 aliphatic carbocycles. The quantitative estimate of drug-likeness (QED) is 0.0894. The fourth-order valence-corrected chi connectivity index (χ4v) is 5.72. The van der Waals surface area contributed by atoms with Crippen LogP contribution < -0.4 is 10.5 Å². The molecule has 4 N–H and O–H groups in total. The van der Waals surface area contributed by atoms with Crippen LogP contribution in [0.3, 0.4) is 0 Å². The van der Waals surface area contributed by atoms with Gasteiger partial charge >= 0.3 is 7.82 Å². The number of nitrogens with two attached hydrogens (primary N) is 1. The van der Waals surface area contributed by atoms with E-state index >= 15 is 0 Å². The standard InChI is InChI=1S/C25H19ClN5O5PS2.Ca/c26-17-5-1-16(2-6-17)24-30-18(13-38-24)14-39-25-21(12-28)22(20(11-27)23(29)31-25)15-3-7-19(8-4-15)35-9-10-36-37(32,33)34;/h1-8,13H,9-10,14H2,(H2,29,31)(H2,32,33,34);. The van der Waals surface area contributed by atoms with Crippen molar-refractivity contribution in [1.29, 1.82) is 10.5 Å². The van der Waals surface area contributed by atoms with Crippen molar-refractivity contribution in [1.82, 2.24) is 9.97 Å². The van der Waals surface area contributed by atoms with Gasteiger partial charge in [0.1, 0.15) is 45.9 Å². The number of nitriles is 2. The maximum atomic E-state index is 10.8. The van der Waals surface area contributed by atoms with Crippen molar-refractivity contribution < 1.29 is 23.6 Å². The normalized spacial score (nSPS) is 10.8. The molecule has 4 aromatic rings. The third kappa shape index (κ3) is 8.41. The van der Waals surface area contributed by atoms with Crippen molar-refractivity contribution in [2.45, 2.75) is 10.8 Å². The maximum Gasteiger partial charge on any atom is 0.469 e. The molecule has 2 aromatic carbocycles. The molecule has 40 heavy (non-hydrogen) atoms. The van der Waals surface area contributed by atoms with E-state index in [-0.39, 0.29) is 67.9 Å². The summed E-state index contributed by atoms with van der Waals surface area (Å²) in [6.45, 7) is -0.387. The van der Waals surface area contributed by atoms with Crippen LogP contribution in [0.5, 0.6) is 5.75 Å². The number of hydrogen-bond acceptors (Lipinski definition) is 10. The first-order chi connectivity index (χ1) is 18.7. The van der Waals surface area contributed by atoms with Crippen molar-refractivity contribution in [3.05, 3.63) is 75.8 Å². The summed E-state index contributed by atoms with van der Waals surface area (Å²) in [6, 6.07) is 18.1. The first-order valence-electron chi connectivity index (χ1n) is 11.1. The number of phosphoric ester groups is 1. The fourth-order valence-electron chi connectivity index (χ4n) is 3.47. The van der Waals surface area contributed by atoms with Crippen LogP contribution in [0, 0.1) is 22.7 Å². The molecule has 2 radical (unpaired) electrons. The van der Waals surface area contributed by atoms with Gasteiger partial charge in [-0.1, -0.05) is 47.6 Å². The number of hydrogen-bond donors (Lipinski definition) is 3. The Morgan fingerprint density at radius 1 is 1.00 bits per heavy atom. The predicted octanol–water partition coefficient (Wildman–Crippen LogP) is 5.25. The predicted molar refractivity (Wildman–Crippen MR) is 155 cm³/mol. The Morgan fingerprint density at radius 3 is 2.27 bits per heavy atom. The summed E-state index contributed by atoms with van der Waals surface area (Å²) in [5, 5.41) is 23.6. The van der Waals surface area contributed by atoms with E-state index in [4.69, 9.17) is 31.9 Å². The average Bonchev–Trinajstić information content (AvgIpc) is 3.39. The van der Waals surface area contributed by atoms with Crippen molar-refractivity contribution >= 4 is 86.1 Å². The van der Waals surface area contributed by atoms with Crippen LogP contribution in [0.4, 0.5) is 5.82 Å². The third-order valence-corrected chi connectivity index (χ3v) is 7.89. The van der Waals surface area contributed by atoms with E-state index in [1.807, 2.05) is 23.6 Å². The molecular weight excluding hydrogens is 621 g/mol. The van der Waals surface area contributed by atoms with Gasteiger partial charge in [0.05, 0.1) is 17.9 Å². The molecule has 2 heterocycles. The number of thioether (sulfide) groups is 1. The maximum absolute atomic E-state index is 10.8. The second kappa shape index (κ2) is 14.6. The zero-order chi connectivity index (χ0) is 28.0. The molecule has 0 saturated carbocycles. The molecule has 2 aromatic heterocycles. The third-order valence-electron chi connectivity index (χ3n) is 5.17. The topological polar surface area (TPSA) is 175 Å². The van der Waals surface area contributed by atoms with Crippen molar-refractivity contribution in [3.8, 4) is 39.6 Å². The van der Waals surface area contributed by atoms with E-state index in [0.717, 1.165) is 16.3 Å². The molecule has 0 spiro atoms. The number of aromatic nitrogens is 2. The summed E-state index contributed by atoms with van der Waals surface area (Å²) >= 11 is 8.76. The number of rotatable bonds is 10. The number of pyridine rings is 1. The Hall–Kier alpha value is -2.19. The molecule has 0 unspecified atom stereocenters.